The minimum atomic E-state index is -0.910. The lowest BCUT2D eigenvalue weighted by molar-refractivity contribution is -0.421. The molecular formula is C6H6N4O4. The molecule has 0 saturated heterocycles. The summed E-state index contributed by atoms with van der Waals surface area (Å²) < 4.78 is 0. The van der Waals surface area contributed by atoms with Crippen molar-refractivity contribution < 1.29 is 9.85 Å². The molecule has 0 aliphatic rings. The van der Waals surface area contributed by atoms with E-state index in [1.165, 1.54) is 0 Å². The van der Waals surface area contributed by atoms with Crippen LogP contribution in [0.3, 0.4) is 0 Å². The lowest BCUT2D eigenvalue weighted by atomic mass is 10.2. The van der Waals surface area contributed by atoms with Crippen LogP contribution < -0.4 is 11.5 Å². The van der Waals surface area contributed by atoms with Crippen LogP contribution in [0.4, 0.5) is 22.7 Å². The average molecular weight is 198 g/mol. The van der Waals surface area contributed by atoms with Gasteiger partial charge in [-0.1, -0.05) is 0 Å². The van der Waals surface area contributed by atoms with E-state index < -0.39 is 21.2 Å². The second-order valence-corrected chi connectivity index (χ2v) is 2.49. The van der Waals surface area contributed by atoms with Gasteiger partial charge in [0.25, 0.3) is 0 Å². The SMILES string of the molecule is Nc1cc(N)c([N+](=O)[O-])c([N+](=O)[O-])c1. The zero-order valence-corrected chi connectivity index (χ0v) is 6.84. The summed E-state index contributed by atoms with van der Waals surface area (Å²) in [6.45, 7) is 0. The third-order valence-electron chi connectivity index (χ3n) is 1.52. The highest BCUT2D eigenvalue weighted by Crippen LogP contribution is 2.34. The largest absolute Gasteiger partial charge is 0.398 e. The molecule has 4 N–H and O–H groups in total. The molecule has 8 heteroatoms. The highest BCUT2D eigenvalue weighted by Gasteiger charge is 2.27. The summed E-state index contributed by atoms with van der Waals surface area (Å²) in [5, 5.41) is 20.9. The highest BCUT2D eigenvalue weighted by molar-refractivity contribution is 5.74. The first-order valence-corrected chi connectivity index (χ1v) is 3.41. The van der Waals surface area contributed by atoms with E-state index in [1.54, 1.807) is 0 Å². The van der Waals surface area contributed by atoms with Crippen LogP contribution in [0.1, 0.15) is 0 Å². The van der Waals surface area contributed by atoms with Crippen LogP contribution in [-0.2, 0) is 0 Å². The van der Waals surface area contributed by atoms with Crippen LogP contribution in [0.25, 0.3) is 0 Å². The van der Waals surface area contributed by atoms with Gasteiger partial charge in [0.1, 0.15) is 5.69 Å². The number of nitrogen functional groups attached to an aromatic ring is 2. The number of nitrogens with zero attached hydrogens (tertiary/aromatic N) is 2. The molecule has 0 aliphatic heterocycles. The number of nitrogens with two attached hydrogens (primary N) is 2. The van der Waals surface area contributed by atoms with Crippen molar-refractivity contribution in [1.29, 1.82) is 0 Å². The normalized spacial score (nSPS) is 9.71. The quantitative estimate of drug-likeness (QED) is 0.406. The Kier molecular flexibility index (Phi) is 2.19. The Morgan fingerprint density at radius 2 is 1.64 bits per heavy atom. The molecule has 14 heavy (non-hydrogen) atoms. The molecule has 0 unspecified atom stereocenters. The highest BCUT2D eigenvalue weighted by atomic mass is 16.6. The van der Waals surface area contributed by atoms with Gasteiger partial charge in [-0.3, -0.25) is 20.2 Å². The van der Waals surface area contributed by atoms with Crippen molar-refractivity contribution in [3.05, 3.63) is 32.4 Å². The summed E-state index contributed by atoms with van der Waals surface area (Å²) in [7, 11) is 0. The number of rotatable bonds is 2. The third-order valence-corrected chi connectivity index (χ3v) is 1.52. The molecule has 0 fully saturated rings. The Bertz CT molecular complexity index is 417. The standard InChI is InChI=1S/C6H6N4O4/c7-3-1-4(8)6(10(13)14)5(2-3)9(11)12/h1-2H,7-8H2. The van der Waals surface area contributed by atoms with E-state index in [9.17, 15) is 20.2 Å². The molecule has 0 saturated carbocycles. The number of benzene rings is 1. The first kappa shape index (κ1) is 9.71. The van der Waals surface area contributed by atoms with Crippen LogP contribution in [-0.4, -0.2) is 9.85 Å². The van der Waals surface area contributed by atoms with Crippen LogP contribution in [0.5, 0.6) is 0 Å². The van der Waals surface area contributed by atoms with Gasteiger partial charge in [-0.25, -0.2) is 0 Å². The average Bonchev–Trinajstić information content (AvgIpc) is 2.01. The van der Waals surface area contributed by atoms with Gasteiger partial charge in [-0.05, 0) is 6.07 Å². The van der Waals surface area contributed by atoms with Crippen molar-refractivity contribution in [2.75, 3.05) is 11.5 Å². The lowest BCUT2D eigenvalue weighted by Gasteiger charge is -1.99. The summed E-state index contributed by atoms with van der Waals surface area (Å²) in [5.41, 5.74) is 8.76. The molecule has 0 aromatic heterocycles. The fourth-order valence-electron chi connectivity index (χ4n) is 1.00. The molecule has 0 radical (unpaired) electrons. The second kappa shape index (κ2) is 3.17. The van der Waals surface area contributed by atoms with Gasteiger partial charge in [0, 0.05) is 11.8 Å². The van der Waals surface area contributed by atoms with Crippen molar-refractivity contribution >= 4 is 22.7 Å². The van der Waals surface area contributed by atoms with Crippen molar-refractivity contribution in [2.24, 2.45) is 0 Å². The first-order valence-electron chi connectivity index (χ1n) is 3.41. The molecule has 0 spiro atoms. The molecule has 0 aliphatic carbocycles. The van der Waals surface area contributed by atoms with Gasteiger partial charge in [0.05, 0.1) is 9.85 Å². The van der Waals surface area contributed by atoms with Crippen molar-refractivity contribution in [3.63, 3.8) is 0 Å². The van der Waals surface area contributed by atoms with E-state index in [-0.39, 0.29) is 11.4 Å². The number of hydrogen-bond donors (Lipinski definition) is 2. The Morgan fingerprint density at radius 3 is 2.07 bits per heavy atom. The van der Waals surface area contributed by atoms with Gasteiger partial charge in [0.15, 0.2) is 0 Å². The van der Waals surface area contributed by atoms with E-state index in [0.29, 0.717) is 0 Å². The third kappa shape index (κ3) is 1.53. The lowest BCUT2D eigenvalue weighted by Crippen LogP contribution is -2.02. The molecule has 0 amide bonds. The van der Waals surface area contributed by atoms with Crippen LogP contribution >= 0.6 is 0 Å². The predicted molar refractivity (Wildman–Crippen MR) is 48.6 cm³/mol. The van der Waals surface area contributed by atoms with E-state index in [0.717, 1.165) is 12.1 Å². The number of anilines is 2. The molecule has 1 rings (SSSR count). The van der Waals surface area contributed by atoms with Gasteiger partial charge in [0.2, 0.25) is 0 Å². The fourth-order valence-corrected chi connectivity index (χ4v) is 1.00. The summed E-state index contributed by atoms with van der Waals surface area (Å²) >= 11 is 0. The molecule has 0 atom stereocenters. The minimum Gasteiger partial charge on any atom is -0.398 e. The van der Waals surface area contributed by atoms with Crippen LogP contribution in [0.15, 0.2) is 12.1 Å². The molecule has 1 aromatic carbocycles. The summed E-state index contributed by atoms with van der Waals surface area (Å²) in [5.74, 6) is 0. The van der Waals surface area contributed by atoms with Crippen LogP contribution in [0.2, 0.25) is 0 Å². The molecule has 0 heterocycles. The predicted octanol–water partition coefficient (Wildman–Crippen LogP) is 0.667. The monoisotopic (exact) mass is 198 g/mol. The van der Waals surface area contributed by atoms with Gasteiger partial charge in [-0.15, -0.1) is 0 Å². The van der Waals surface area contributed by atoms with E-state index >= 15 is 0 Å². The smallest absolute Gasteiger partial charge is 0.368 e. The molecule has 8 nitrogen and oxygen atoms in total. The van der Waals surface area contributed by atoms with Crippen molar-refractivity contribution in [3.8, 4) is 0 Å². The van der Waals surface area contributed by atoms with E-state index in [2.05, 4.69) is 0 Å². The second-order valence-electron chi connectivity index (χ2n) is 2.49. The first-order chi connectivity index (χ1) is 6.43. The molecular weight excluding hydrogens is 192 g/mol. The summed E-state index contributed by atoms with van der Waals surface area (Å²) in [6.07, 6.45) is 0. The van der Waals surface area contributed by atoms with Crippen molar-refractivity contribution in [2.45, 2.75) is 0 Å². The molecule has 1 aromatic rings. The molecule has 74 valence electrons. The zero-order chi connectivity index (χ0) is 10.9. The summed E-state index contributed by atoms with van der Waals surface area (Å²) in [4.78, 5) is 19.1. The summed E-state index contributed by atoms with van der Waals surface area (Å²) in [6, 6.07) is 2.00. The van der Waals surface area contributed by atoms with E-state index in [4.69, 9.17) is 11.5 Å². The Balaban J connectivity index is 3.52. The maximum absolute atomic E-state index is 10.4. The fraction of sp³-hybridized carbons (Fsp3) is 0. The van der Waals surface area contributed by atoms with Crippen LogP contribution in [0, 0.1) is 20.2 Å². The number of nitro groups is 2. The maximum Gasteiger partial charge on any atom is 0.368 e. The van der Waals surface area contributed by atoms with Gasteiger partial charge >= 0.3 is 11.4 Å². The Hall–Kier alpha value is -2.38. The Morgan fingerprint density at radius 1 is 1.07 bits per heavy atom. The Labute approximate surface area is 77.4 Å². The topological polar surface area (TPSA) is 138 Å². The van der Waals surface area contributed by atoms with E-state index in [1.807, 2.05) is 0 Å². The van der Waals surface area contributed by atoms with Gasteiger partial charge in [-0.2, -0.15) is 0 Å². The number of nitro benzene ring substituents is 2. The number of hydrogen-bond acceptors (Lipinski definition) is 6. The van der Waals surface area contributed by atoms with Gasteiger partial charge < -0.3 is 11.5 Å². The zero-order valence-electron chi connectivity index (χ0n) is 6.84. The van der Waals surface area contributed by atoms with Crippen molar-refractivity contribution in [1.82, 2.24) is 0 Å². The molecule has 0 bridgehead atoms. The maximum atomic E-state index is 10.4. The minimum absolute atomic E-state index is 0.0137.